The summed E-state index contributed by atoms with van der Waals surface area (Å²) < 4.78 is 0. The average Bonchev–Trinajstić information content (AvgIpc) is 2.47. The third-order valence-electron chi connectivity index (χ3n) is 3.10. The van der Waals surface area contributed by atoms with Crippen molar-refractivity contribution >= 4 is 11.6 Å². The molecule has 0 bridgehead atoms. The number of benzene rings is 2. The molecule has 0 aliphatic rings. The van der Waals surface area contributed by atoms with E-state index in [4.69, 9.17) is 5.73 Å². The van der Waals surface area contributed by atoms with Gasteiger partial charge < -0.3 is 11.1 Å². The van der Waals surface area contributed by atoms with E-state index in [1.54, 1.807) is 0 Å². The molecular formula is C17H20N2O. The number of carbonyl (C=O) groups is 1. The Labute approximate surface area is 119 Å². The summed E-state index contributed by atoms with van der Waals surface area (Å²) in [5.74, 6) is 0.00904. The standard InChI is InChI=1S/C17H20N2O/c1-13(18)7-12-17(20)19-16-10-8-15(9-11-16)14-5-3-2-4-6-14/h2-6,8-11,13H,7,12,18H2,1H3,(H,19,20). The van der Waals surface area contributed by atoms with Gasteiger partial charge >= 0.3 is 0 Å². The fourth-order valence-electron chi connectivity index (χ4n) is 1.96. The first-order valence-corrected chi connectivity index (χ1v) is 6.86. The number of rotatable bonds is 5. The molecule has 0 aliphatic heterocycles. The van der Waals surface area contributed by atoms with E-state index in [-0.39, 0.29) is 11.9 Å². The molecule has 104 valence electrons. The fourth-order valence-corrected chi connectivity index (χ4v) is 1.96. The van der Waals surface area contributed by atoms with Gasteiger partial charge in [-0.05, 0) is 36.6 Å². The lowest BCUT2D eigenvalue weighted by Crippen LogP contribution is -2.19. The van der Waals surface area contributed by atoms with E-state index in [0.717, 1.165) is 11.3 Å². The predicted molar refractivity (Wildman–Crippen MR) is 83.4 cm³/mol. The molecule has 0 fully saturated rings. The van der Waals surface area contributed by atoms with Gasteiger partial charge in [0.1, 0.15) is 0 Å². The fraction of sp³-hybridized carbons (Fsp3) is 0.235. The molecule has 3 N–H and O–H groups in total. The van der Waals surface area contributed by atoms with E-state index in [1.807, 2.05) is 49.4 Å². The van der Waals surface area contributed by atoms with E-state index >= 15 is 0 Å². The maximum atomic E-state index is 11.7. The van der Waals surface area contributed by atoms with Crippen molar-refractivity contribution in [1.82, 2.24) is 0 Å². The van der Waals surface area contributed by atoms with Gasteiger partial charge in [-0.3, -0.25) is 4.79 Å². The van der Waals surface area contributed by atoms with Gasteiger partial charge in [0, 0.05) is 18.2 Å². The molecular weight excluding hydrogens is 248 g/mol. The predicted octanol–water partition coefficient (Wildman–Crippen LogP) is 3.42. The summed E-state index contributed by atoms with van der Waals surface area (Å²) in [6.45, 7) is 1.90. The Morgan fingerprint density at radius 1 is 1.05 bits per heavy atom. The average molecular weight is 268 g/mol. The Bertz CT molecular complexity index is 547. The summed E-state index contributed by atoms with van der Waals surface area (Å²) in [6, 6.07) is 18.1. The van der Waals surface area contributed by atoms with Crippen LogP contribution in [-0.2, 0) is 4.79 Å². The molecule has 0 saturated heterocycles. The van der Waals surface area contributed by atoms with Gasteiger partial charge in [-0.1, -0.05) is 42.5 Å². The molecule has 2 aromatic carbocycles. The Kier molecular flexibility index (Phi) is 4.91. The lowest BCUT2D eigenvalue weighted by atomic mass is 10.1. The summed E-state index contributed by atoms with van der Waals surface area (Å²) in [5.41, 5.74) is 8.76. The normalized spacial score (nSPS) is 11.9. The van der Waals surface area contributed by atoms with Gasteiger partial charge in [0.05, 0.1) is 0 Å². The molecule has 3 heteroatoms. The highest BCUT2D eigenvalue weighted by Gasteiger charge is 2.04. The Morgan fingerprint density at radius 2 is 1.65 bits per heavy atom. The number of hydrogen-bond acceptors (Lipinski definition) is 2. The third-order valence-corrected chi connectivity index (χ3v) is 3.10. The van der Waals surface area contributed by atoms with Crippen LogP contribution in [0.5, 0.6) is 0 Å². The van der Waals surface area contributed by atoms with Crippen molar-refractivity contribution in [3.63, 3.8) is 0 Å². The van der Waals surface area contributed by atoms with E-state index in [2.05, 4.69) is 17.4 Å². The lowest BCUT2D eigenvalue weighted by molar-refractivity contribution is -0.116. The monoisotopic (exact) mass is 268 g/mol. The summed E-state index contributed by atoms with van der Waals surface area (Å²) in [4.78, 5) is 11.7. The van der Waals surface area contributed by atoms with Crippen LogP contribution in [0, 0.1) is 0 Å². The molecule has 0 spiro atoms. The quantitative estimate of drug-likeness (QED) is 0.873. The van der Waals surface area contributed by atoms with Crippen LogP contribution < -0.4 is 11.1 Å². The van der Waals surface area contributed by atoms with Crippen molar-refractivity contribution in [3.05, 3.63) is 54.6 Å². The number of amides is 1. The molecule has 2 rings (SSSR count). The van der Waals surface area contributed by atoms with Crippen LogP contribution in [0.3, 0.4) is 0 Å². The van der Waals surface area contributed by atoms with Gasteiger partial charge in [-0.2, -0.15) is 0 Å². The maximum absolute atomic E-state index is 11.7. The molecule has 2 aromatic rings. The number of hydrogen-bond donors (Lipinski definition) is 2. The molecule has 1 amide bonds. The Hall–Kier alpha value is -2.13. The lowest BCUT2D eigenvalue weighted by Gasteiger charge is -2.08. The van der Waals surface area contributed by atoms with Crippen LogP contribution in [0.4, 0.5) is 5.69 Å². The number of nitrogens with one attached hydrogen (secondary N) is 1. The largest absolute Gasteiger partial charge is 0.328 e. The van der Waals surface area contributed by atoms with Crippen molar-refractivity contribution in [1.29, 1.82) is 0 Å². The molecule has 20 heavy (non-hydrogen) atoms. The van der Waals surface area contributed by atoms with Crippen molar-refractivity contribution in [2.45, 2.75) is 25.8 Å². The van der Waals surface area contributed by atoms with Gasteiger partial charge in [0.15, 0.2) is 0 Å². The minimum Gasteiger partial charge on any atom is -0.328 e. The van der Waals surface area contributed by atoms with Crippen LogP contribution >= 0.6 is 0 Å². The zero-order chi connectivity index (χ0) is 14.4. The number of carbonyl (C=O) groups excluding carboxylic acids is 1. The van der Waals surface area contributed by atoms with E-state index in [0.29, 0.717) is 12.8 Å². The highest BCUT2D eigenvalue weighted by Crippen LogP contribution is 2.21. The number of anilines is 1. The van der Waals surface area contributed by atoms with Crippen LogP contribution in [0.25, 0.3) is 11.1 Å². The van der Waals surface area contributed by atoms with Gasteiger partial charge in [0.2, 0.25) is 5.91 Å². The molecule has 0 aliphatic carbocycles. The second-order valence-electron chi connectivity index (χ2n) is 5.01. The van der Waals surface area contributed by atoms with Crippen LogP contribution in [0.1, 0.15) is 19.8 Å². The van der Waals surface area contributed by atoms with E-state index in [9.17, 15) is 4.79 Å². The molecule has 0 aromatic heterocycles. The third kappa shape index (κ3) is 4.21. The summed E-state index contributed by atoms with van der Waals surface area (Å²) in [7, 11) is 0. The highest BCUT2D eigenvalue weighted by molar-refractivity contribution is 5.91. The van der Waals surface area contributed by atoms with Gasteiger partial charge in [-0.15, -0.1) is 0 Å². The smallest absolute Gasteiger partial charge is 0.224 e. The zero-order valence-corrected chi connectivity index (χ0v) is 11.7. The zero-order valence-electron chi connectivity index (χ0n) is 11.7. The minimum atomic E-state index is 0.00904. The van der Waals surface area contributed by atoms with Crippen molar-refractivity contribution < 1.29 is 4.79 Å². The SMILES string of the molecule is CC(N)CCC(=O)Nc1ccc(-c2ccccc2)cc1. The first kappa shape index (κ1) is 14.3. The summed E-state index contributed by atoms with van der Waals surface area (Å²) in [6.07, 6.45) is 1.16. The van der Waals surface area contributed by atoms with Crippen molar-refractivity contribution in [2.24, 2.45) is 5.73 Å². The first-order chi connectivity index (χ1) is 9.65. The molecule has 1 unspecified atom stereocenters. The Balaban J connectivity index is 1.97. The topological polar surface area (TPSA) is 55.1 Å². The second kappa shape index (κ2) is 6.87. The highest BCUT2D eigenvalue weighted by atomic mass is 16.1. The molecule has 0 radical (unpaired) electrons. The first-order valence-electron chi connectivity index (χ1n) is 6.86. The summed E-state index contributed by atoms with van der Waals surface area (Å²) in [5, 5.41) is 2.88. The van der Waals surface area contributed by atoms with Crippen LogP contribution in [-0.4, -0.2) is 11.9 Å². The van der Waals surface area contributed by atoms with Crippen LogP contribution in [0.15, 0.2) is 54.6 Å². The molecule has 0 saturated carbocycles. The minimum absolute atomic E-state index is 0.00904. The van der Waals surface area contributed by atoms with Crippen molar-refractivity contribution in [3.8, 4) is 11.1 Å². The molecule has 3 nitrogen and oxygen atoms in total. The van der Waals surface area contributed by atoms with E-state index in [1.165, 1.54) is 5.56 Å². The second-order valence-corrected chi connectivity index (χ2v) is 5.01. The molecule has 0 heterocycles. The van der Waals surface area contributed by atoms with Crippen molar-refractivity contribution in [2.75, 3.05) is 5.32 Å². The number of nitrogens with two attached hydrogens (primary N) is 1. The van der Waals surface area contributed by atoms with Gasteiger partial charge in [0.25, 0.3) is 0 Å². The molecule has 1 atom stereocenters. The van der Waals surface area contributed by atoms with Gasteiger partial charge in [-0.25, -0.2) is 0 Å². The van der Waals surface area contributed by atoms with Crippen LogP contribution in [0.2, 0.25) is 0 Å². The van der Waals surface area contributed by atoms with E-state index < -0.39 is 0 Å². The Morgan fingerprint density at radius 3 is 2.25 bits per heavy atom. The summed E-state index contributed by atoms with van der Waals surface area (Å²) >= 11 is 0. The maximum Gasteiger partial charge on any atom is 0.224 e.